The maximum atomic E-state index is 12.0. The third-order valence-corrected chi connectivity index (χ3v) is 2.90. The molecule has 124 valence electrons. The number of benzene rings is 1. The summed E-state index contributed by atoms with van der Waals surface area (Å²) >= 11 is 0. The number of hydrogen-bond donors (Lipinski definition) is 2. The van der Waals surface area contributed by atoms with Crippen LogP contribution in [-0.2, 0) is 16.0 Å². The highest BCUT2D eigenvalue weighted by atomic mass is 19.4. The average molecular weight is 320 g/mol. The Morgan fingerprint density at radius 1 is 1.32 bits per heavy atom. The van der Waals surface area contributed by atoms with E-state index in [1.807, 2.05) is 0 Å². The summed E-state index contributed by atoms with van der Waals surface area (Å²) in [5.74, 6) is -0.458. The molecule has 0 heterocycles. The normalized spacial score (nSPS) is 12.8. The van der Waals surface area contributed by atoms with E-state index in [4.69, 9.17) is 10.5 Å². The number of carbonyl (C=O) groups excluding carboxylic acids is 1. The maximum absolute atomic E-state index is 12.0. The number of nitrogens with one attached hydrogen (secondary N) is 1. The first-order valence-electron chi connectivity index (χ1n) is 6.68. The third kappa shape index (κ3) is 7.28. The van der Waals surface area contributed by atoms with E-state index in [0.717, 1.165) is 5.56 Å². The molecule has 3 N–H and O–H groups in total. The first-order chi connectivity index (χ1) is 10.3. The molecule has 22 heavy (non-hydrogen) atoms. The van der Waals surface area contributed by atoms with Gasteiger partial charge in [0.15, 0.2) is 0 Å². The van der Waals surface area contributed by atoms with Crippen LogP contribution in [0.15, 0.2) is 24.3 Å². The average Bonchev–Trinajstić information content (AvgIpc) is 2.45. The van der Waals surface area contributed by atoms with Gasteiger partial charge in [0.2, 0.25) is 5.91 Å². The smallest absolute Gasteiger partial charge is 0.406 e. The van der Waals surface area contributed by atoms with Gasteiger partial charge in [-0.2, -0.15) is 0 Å². The predicted molar refractivity (Wildman–Crippen MR) is 74.3 cm³/mol. The van der Waals surface area contributed by atoms with Gasteiger partial charge in [-0.25, -0.2) is 0 Å². The van der Waals surface area contributed by atoms with Crippen LogP contribution in [-0.4, -0.2) is 38.6 Å². The molecule has 0 radical (unpaired) electrons. The van der Waals surface area contributed by atoms with Gasteiger partial charge in [-0.3, -0.25) is 4.79 Å². The van der Waals surface area contributed by atoms with E-state index in [2.05, 4.69) is 10.1 Å². The number of nitrogens with two attached hydrogens (primary N) is 1. The maximum Gasteiger partial charge on any atom is 0.573 e. The molecule has 8 heteroatoms. The molecule has 5 nitrogen and oxygen atoms in total. The zero-order valence-electron chi connectivity index (χ0n) is 12.2. The van der Waals surface area contributed by atoms with Crippen LogP contribution in [0.25, 0.3) is 0 Å². The van der Waals surface area contributed by atoms with Crippen LogP contribution in [0.3, 0.4) is 0 Å². The lowest BCUT2D eigenvalue weighted by Crippen LogP contribution is -2.33. The molecule has 0 aromatic heterocycles. The van der Waals surface area contributed by atoms with Crippen molar-refractivity contribution < 1.29 is 27.4 Å². The molecule has 0 saturated heterocycles. The summed E-state index contributed by atoms with van der Waals surface area (Å²) in [7, 11) is 1.48. The predicted octanol–water partition coefficient (Wildman–Crippen LogP) is 1.61. The largest absolute Gasteiger partial charge is 0.573 e. The molecule has 1 amide bonds. The van der Waals surface area contributed by atoms with Crippen LogP contribution in [0.2, 0.25) is 0 Å². The van der Waals surface area contributed by atoms with E-state index >= 15 is 0 Å². The van der Waals surface area contributed by atoms with E-state index in [1.54, 1.807) is 0 Å². The molecule has 1 rings (SSSR count). The van der Waals surface area contributed by atoms with Gasteiger partial charge in [0.05, 0.1) is 12.5 Å². The first-order valence-corrected chi connectivity index (χ1v) is 6.68. The molecule has 0 aliphatic rings. The van der Waals surface area contributed by atoms with Crippen molar-refractivity contribution in [2.24, 2.45) is 5.73 Å². The molecule has 1 atom stereocenters. The van der Waals surface area contributed by atoms with Gasteiger partial charge < -0.3 is 20.5 Å². The molecule has 0 aliphatic carbocycles. The number of hydrogen-bond acceptors (Lipinski definition) is 4. The lowest BCUT2D eigenvalue weighted by molar-refractivity contribution is -0.274. The van der Waals surface area contributed by atoms with Gasteiger partial charge in [-0.05, 0) is 24.1 Å². The molecule has 0 spiro atoms. The minimum Gasteiger partial charge on any atom is -0.406 e. The zero-order chi connectivity index (χ0) is 16.6. The summed E-state index contributed by atoms with van der Waals surface area (Å²) in [4.78, 5) is 11.6. The second-order valence-electron chi connectivity index (χ2n) is 4.59. The monoisotopic (exact) mass is 320 g/mol. The van der Waals surface area contributed by atoms with Gasteiger partial charge in [0, 0.05) is 20.2 Å². The van der Waals surface area contributed by atoms with Crippen molar-refractivity contribution in [3.8, 4) is 5.75 Å². The lowest BCUT2D eigenvalue weighted by atomic mass is 10.1. The van der Waals surface area contributed by atoms with E-state index in [1.165, 1.54) is 31.4 Å². The number of amides is 1. The van der Waals surface area contributed by atoms with Gasteiger partial charge >= 0.3 is 6.36 Å². The summed E-state index contributed by atoms with van der Waals surface area (Å²) in [6.45, 7) is 0.629. The van der Waals surface area contributed by atoms with Crippen LogP contribution in [0.5, 0.6) is 5.75 Å². The molecule has 0 fully saturated rings. The van der Waals surface area contributed by atoms with E-state index in [9.17, 15) is 18.0 Å². The topological polar surface area (TPSA) is 73.6 Å². The quantitative estimate of drug-likeness (QED) is 0.763. The van der Waals surface area contributed by atoms with Gasteiger partial charge in [-0.15, -0.1) is 13.2 Å². The highest BCUT2D eigenvalue weighted by Gasteiger charge is 2.30. The Morgan fingerprint density at radius 3 is 2.45 bits per heavy atom. The second-order valence-corrected chi connectivity index (χ2v) is 4.59. The van der Waals surface area contributed by atoms with Crippen LogP contribution in [0.4, 0.5) is 13.2 Å². The molecule has 1 aromatic rings. The van der Waals surface area contributed by atoms with Crippen LogP contribution < -0.4 is 15.8 Å². The van der Waals surface area contributed by atoms with E-state index in [-0.39, 0.29) is 30.7 Å². The van der Waals surface area contributed by atoms with Crippen molar-refractivity contribution in [2.45, 2.75) is 25.3 Å². The Balaban J connectivity index is 2.35. The minimum absolute atomic E-state index is 0.172. The van der Waals surface area contributed by atoms with Gasteiger partial charge in [-0.1, -0.05) is 12.1 Å². The number of alkyl halides is 3. The fourth-order valence-corrected chi connectivity index (χ4v) is 1.75. The molecule has 1 aromatic carbocycles. The van der Waals surface area contributed by atoms with Crippen molar-refractivity contribution in [1.82, 2.24) is 5.32 Å². The summed E-state index contributed by atoms with van der Waals surface area (Å²) in [6, 6.07) is 5.51. The van der Waals surface area contributed by atoms with Crippen molar-refractivity contribution in [3.63, 3.8) is 0 Å². The molecule has 0 bridgehead atoms. The van der Waals surface area contributed by atoms with Gasteiger partial charge in [0.1, 0.15) is 5.75 Å². The highest BCUT2D eigenvalue weighted by Crippen LogP contribution is 2.22. The van der Waals surface area contributed by atoms with Crippen LogP contribution >= 0.6 is 0 Å². The first kappa shape index (κ1) is 18.2. The summed E-state index contributed by atoms with van der Waals surface area (Å²) < 4.78 is 44.8. The second kappa shape index (κ2) is 8.60. The Morgan fingerprint density at radius 2 is 1.95 bits per heavy atom. The Hall–Kier alpha value is -1.80. The van der Waals surface area contributed by atoms with Crippen LogP contribution in [0, 0.1) is 0 Å². The lowest BCUT2D eigenvalue weighted by Gasteiger charge is -2.12. The molecular formula is C14H19F3N2O3. The van der Waals surface area contributed by atoms with E-state index in [0.29, 0.717) is 13.0 Å². The van der Waals surface area contributed by atoms with Crippen LogP contribution in [0.1, 0.15) is 12.0 Å². The highest BCUT2D eigenvalue weighted by molar-refractivity contribution is 5.76. The minimum atomic E-state index is -4.70. The molecular weight excluding hydrogens is 301 g/mol. The standard InChI is InChI=1S/C14H19F3N2O3/c1-21-12(9-18)8-13(20)19-7-6-10-2-4-11(5-3-10)22-14(15,16)17/h2-5,12H,6-9,18H2,1H3,(H,19,20). The number of methoxy groups -OCH3 is 1. The third-order valence-electron chi connectivity index (χ3n) is 2.90. The Bertz CT molecular complexity index is 459. The Labute approximate surface area is 126 Å². The summed E-state index contributed by atoms with van der Waals surface area (Å²) in [6.07, 6.45) is -4.35. The number of carbonyl (C=O) groups is 1. The number of rotatable bonds is 8. The summed E-state index contributed by atoms with van der Waals surface area (Å²) in [5, 5.41) is 2.70. The number of halogens is 3. The number of ether oxygens (including phenoxy) is 2. The van der Waals surface area contributed by atoms with Crippen molar-refractivity contribution in [1.29, 1.82) is 0 Å². The molecule has 0 saturated carbocycles. The fourth-order valence-electron chi connectivity index (χ4n) is 1.75. The summed E-state index contributed by atoms with van der Waals surface area (Å²) in [5.41, 5.74) is 6.20. The Kier molecular flexibility index (Phi) is 7.13. The van der Waals surface area contributed by atoms with Crippen molar-refractivity contribution >= 4 is 5.91 Å². The zero-order valence-corrected chi connectivity index (χ0v) is 12.2. The van der Waals surface area contributed by atoms with E-state index < -0.39 is 6.36 Å². The molecule has 1 unspecified atom stereocenters. The SMILES string of the molecule is COC(CN)CC(=O)NCCc1ccc(OC(F)(F)F)cc1. The molecule has 0 aliphatic heterocycles. The van der Waals surface area contributed by atoms with Crippen molar-refractivity contribution in [2.75, 3.05) is 20.2 Å². The fraction of sp³-hybridized carbons (Fsp3) is 0.500. The van der Waals surface area contributed by atoms with Gasteiger partial charge in [0.25, 0.3) is 0 Å². The van der Waals surface area contributed by atoms with Crippen molar-refractivity contribution in [3.05, 3.63) is 29.8 Å².